The summed E-state index contributed by atoms with van der Waals surface area (Å²) >= 11 is 0. The number of benzene rings is 4. The lowest BCUT2D eigenvalue weighted by Crippen LogP contribution is -2.20. The average molecular weight is 360 g/mol. The van der Waals surface area contributed by atoms with Crippen molar-refractivity contribution in [3.63, 3.8) is 0 Å². The van der Waals surface area contributed by atoms with Gasteiger partial charge >= 0.3 is 0 Å². The molecule has 0 saturated heterocycles. The Kier molecular flexibility index (Phi) is 3.77. The van der Waals surface area contributed by atoms with E-state index in [2.05, 4.69) is 30.3 Å². The van der Waals surface area contributed by atoms with Gasteiger partial charge in [0, 0.05) is 11.1 Å². The average Bonchev–Trinajstić information content (AvgIpc) is 2.76. The van der Waals surface area contributed by atoms with E-state index in [1.54, 1.807) is 6.07 Å². The topological polar surface area (TPSA) is 34.1 Å². The van der Waals surface area contributed by atoms with E-state index < -0.39 is 11.6 Å². The minimum atomic E-state index is -0.447. The van der Waals surface area contributed by atoms with Gasteiger partial charge in [-0.1, -0.05) is 78.9 Å². The van der Waals surface area contributed by atoms with E-state index in [4.69, 9.17) is 0 Å². The van der Waals surface area contributed by atoms with Gasteiger partial charge in [0.05, 0.1) is 0 Å². The van der Waals surface area contributed by atoms with Crippen LogP contribution in [0.15, 0.2) is 91.0 Å². The van der Waals surface area contributed by atoms with Crippen LogP contribution >= 0.6 is 0 Å². The highest BCUT2D eigenvalue weighted by molar-refractivity contribution is 6.61. The molecule has 132 valence electrons. The normalized spacial score (nSPS) is 13.4. The molecule has 0 atom stereocenters. The molecule has 0 N–H and O–H groups in total. The molecule has 0 aliphatic heterocycles. The number of hydrogen-bond donors (Lipinski definition) is 0. The Morgan fingerprint density at radius 3 is 1.89 bits per heavy atom. The molecular weight excluding hydrogens is 344 g/mol. The number of rotatable bonds is 2. The third kappa shape index (κ3) is 2.58. The molecule has 0 amide bonds. The number of carbonyl (C=O) groups excluding carboxylic acids is 2. The molecule has 1 aliphatic carbocycles. The van der Waals surface area contributed by atoms with Crippen LogP contribution in [0.3, 0.4) is 0 Å². The summed E-state index contributed by atoms with van der Waals surface area (Å²) < 4.78 is 0. The monoisotopic (exact) mass is 360 g/mol. The second-order valence-corrected chi connectivity index (χ2v) is 6.91. The Labute approximate surface area is 162 Å². The first-order chi connectivity index (χ1) is 13.7. The molecule has 0 spiro atoms. The predicted octanol–water partition coefficient (Wildman–Crippen LogP) is 5.81. The smallest absolute Gasteiger partial charge is 0.234 e. The minimum absolute atomic E-state index is 0.441. The van der Waals surface area contributed by atoms with Crippen LogP contribution in [0, 0.1) is 0 Å². The maximum Gasteiger partial charge on any atom is 0.234 e. The third-order valence-electron chi connectivity index (χ3n) is 5.24. The quantitative estimate of drug-likeness (QED) is 0.423. The summed E-state index contributed by atoms with van der Waals surface area (Å²) in [6.07, 6.45) is 1.87. The number of ketones is 2. The Morgan fingerprint density at radius 1 is 0.536 bits per heavy atom. The van der Waals surface area contributed by atoms with Gasteiger partial charge in [0.25, 0.3) is 0 Å². The third-order valence-corrected chi connectivity index (χ3v) is 5.24. The Balaban J connectivity index is 1.78. The summed E-state index contributed by atoms with van der Waals surface area (Å²) in [5, 5.41) is 2.03. The number of fused-ring (bicyclic) bond motifs is 3. The molecule has 4 aromatic carbocycles. The van der Waals surface area contributed by atoms with Crippen LogP contribution in [0.2, 0.25) is 0 Å². The summed E-state index contributed by atoms with van der Waals surface area (Å²) in [6, 6.07) is 29.4. The zero-order chi connectivity index (χ0) is 19.1. The summed E-state index contributed by atoms with van der Waals surface area (Å²) in [5.41, 5.74) is 4.72. The van der Waals surface area contributed by atoms with E-state index in [9.17, 15) is 9.59 Å². The molecular formula is C26H16O2. The van der Waals surface area contributed by atoms with Crippen LogP contribution in [0.5, 0.6) is 0 Å². The van der Waals surface area contributed by atoms with Crippen molar-refractivity contribution >= 4 is 34.0 Å². The Bertz CT molecular complexity index is 1270. The van der Waals surface area contributed by atoms with Gasteiger partial charge in [-0.15, -0.1) is 0 Å². The summed E-state index contributed by atoms with van der Waals surface area (Å²) in [5.74, 6) is -0.888. The summed E-state index contributed by atoms with van der Waals surface area (Å²) in [7, 11) is 0. The van der Waals surface area contributed by atoms with E-state index >= 15 is 0 Å². The SMILES string of the molecule is O=C1C(=O)c2ccc3ccc(-c4ccccc4)cc3c2C=C1c1ccccc1. The van der Waals surface area contributed by atoms with Crippen LogP contribution in [0.1, 0.15) is 21.5 Å². The molecule has 0 bridgehead atoms. The molecule has 0 radical (unpaired) electrons. The minimum Gasteiger partial charge on any atom is -0.285 e. The highest BCUT2D eigenvalue weighted by Gasteiger charge is 2.29. The van der Waals surface area contributed by atoms with Gasteiger partial charge in [0.15, 0.2) is 0 Å². The lowest BCUT2D eigenvalue weighted by Gasteiger charge is -2.17. The van der Waals surface area contributed by atoms with E-state index in [0.717, 1.165) is 33.0 Å². The van der Waals surface area contributed by atoms with Crippen LogP contribution in [-0.2, 0) is 4.79 Å². The number of carbonyl (C=O) groups is 2. The molecule has 0 unspecified atom stereocenters. The van der Waals surface area contributed by atoms with Crippen LogP contribution in [0.25, 0.3) is 33.5 Å². The first-order valence-corrected chi connectivity index (χ1v) is 9.21. The summed E-state index contributed by atoms with van der Waals surface area (Å²) in [6.45, 7) is 0. The Hall–Kier alpha value is -3.78. The fourth-order valence-corrected chi connectivity index (χ4v) is 3.79. The van der Waals surface area contributed by atoms with E-state index in [1.807, 2.05) is 60.7 Å². The molecule has 28 heavy (non-hydrogen) atoms. The number of allylic oxidation sites excluding steroid dienone is 1. The molecule has 5 rings (SSSR count). The molecule has 1 aliphatic rings. The highest BCUT2D eigenvalue weighted by Crippen LogP contribution is 2.35. The van der Waals surface area contributed by atoms with Gasteiger partial charge in [0.2, 0.25) is 11.6 Å². The standard InChI is InChI=1S/C26H16O2/c27-25-21-14-13-19-11-12-20(17-7-3-1-4-8-17)15-22(19)24(21)16-23(26(25)28)18-9-5-2-6-10-18/h1-16H. The molecule has 4 aromatic rings. The van der Waals surface area contributed by atoms with Gasteiger partial charge < -0.3 is 0 Å². The van der Waals surface area contributed by atoms with Crippen molar-refractivity contribution in [1.82, 2.24) is 0 Å². The zero-order valence-electron chi connectivity index (χ0n) is 15.1. The second-order valence-electron chi connectivity index (χ2n) is 6.91. The van der Waals surface area contributed by atoms with E-state index in [-0.39, 0.29) is 0 Å². The summed E-state index contributed by atoms with van der Waals surface area (Å²) in [4.78, 5) is 25.5. The van der Waals surface area contributed by atoms with Crippen LogP contribution in [-0.4, -0.2) is 11.6 Å². The van der Waals surface area contributed by atoms with E-state index in [0.29, 0.717) is 11.1 Å². The van der Waals surface area contributed by atoms with Gasteiger partial charge in [-0.3, -0.25) is 9.59 Å². The van der Waals surface area contributed by atoms with Gasteiger partial charge in [-0.05, 0) is 51.2 Å². The first kappa shape index (κ1) is 16.4. The zero-order valence-corrected chi connectivity index (χ0v) is 15.1. The van der Waals surface area contributed by atoms with Crippen LogP contribution in [0.4, 0.5) is 0 Å². The lowest BCUT2D eigenvalue weighted by atomic mass is 9.84. The molecule has 0 fully saturated rings. The molecule has 2 heteroatoms. The van der Waals surface area contributed by atoms with Crippen molar-refractivity contribution in [3.05, 3.63) is 108 Å². The van der Waals surface area contributed by atoms with Crippen LogP contribution < -0.4 is 0 Å². The van der Waals surface area contributed by atoms with Gasteiger partial charge in [0.1, 0.15) is 0 Å². The van der Waals surface area contributed by atoms with Crippen molar-refractivity contribution in [2.75, 3.05) is 0 Å². The Morgan fingerprint density at radius 2 is 1.18 bits per heavy atom. The highest BCUT2D eigenvalue weighted by atomic mass is 16.2. The fraction of sp³-hybridized carbons (Fsp3) is 0. The van der Waals surface area contributed by atoms with Gasteiger partial charge in [-0.25, -0.2) is 0 Å². The predicted molar refractivity (Wildman–Crippen MR) is 113 cm³/mol. The first-order valence-electron chi connectivity index (χ1n) is 9.21. The number of hydrogen-bond acceptors (Lipinski definition) is 2. The largest absolute Gasteiger partial charge is 0.285 e. The number of Topliss-reactive ketones (excluding diaryl/α,β-unsaturated/α-hetero) is 2. The fourth-order valence-electron chi connectivity index (χ4n) is 3.79. The van der Waals surface area contributed by atoms with Crippen molar-refractivity contribution in [2.24, 2.45) is 0 Å². The van der Waals surface area contributed by atoms with E-state index in [1.165, 1.54) is 0 Å². The molecule has 2 nitrogen and oxygen atoms in total. The molecule has 0 saturated carbocycles. The lowest BCUT2D eigenvalue weighted by molar-refractivity contribution is -0.110. The second kappa shape index (κ2) is 6.43. The maximum absolute atomic E-state index is 12.8. The molecule has 0 heterocycles. The van der Waals surface area contributed by atoms with Gasteiger partial charge in [-0.2, -0.15) is 0 Å². The van der Waals surface area contributed by atoms with Crippen molar-refractivity contribution < 1.29 is 9.59 Å². The van der Waals surface area contributed by atoms with Crippen molar-refractivity contribution in [2.45, 2.75) is 0 Å². The van der Waals surface area contributed by atoms with Crippen molar-refractivity contribution in [1.29, 1.82) is 0 Å². The molecule has 0 aromatic heterocycles. The maximum atomic E-state index is 12.8. The van der Waals surface area contributed by atoms with Crippen molar-refractivity contribution in [3.8, 4) is 11.1 Å².